The smallest absolute Gasteiger partial charge is 0.270 e. The molecule has 2 N–H and O–H groups in total. The van der Waals surface area contributed by atoms with Crippen molar-refractivity contribution in [2.24, 2.45) is 0 Å². The predicted molar refractivity (Wildman–Crippen MR) is 63.1 cm³/mol. The Morgan fingerprint density at radius 3 is 2.40 bits per heavy atom. The summed E-state index contributed by atoms with van der Waals surface area (Å²) in [7, 11) is 0. The molecule has 1 rings (SSSR count). The normalized spacial score (nSPS) is 9.53. The van der Waals surface area contributed by atoms with Gasteiger partial charge in [0.2, 0.25) is 5.91 Å². The van der Waals surface area contributed by atoms with Crippen LogP contribution < -0.4 is 10.9 Å². The Morgan fingerprint density at radius 2 is 1.87 bits per heavy atom. The molecule has 0 fully saturated rings. The van der Waals surface area contributed by atoms with E-state index in [1.807, 2.05) is 0 Å². The second-order valence-electron chi connectivity index (χ2n) is 2.76. The monoisotopic (exact) mass is 334 g/mol. The molecule has 6 heteroatoms. The molecule has 0 atom stereocenters. The minimum absolute atomic E-state index is 0.323. The number of benzene rings is 1. The van der Waals surface area contributed by atoms with Crippen LogP contribution in [0.1, 0.15) is 17.3 Å². The summed E-state index contributed by atoms with van der Waals surface area (Å²) in [6.07, 6.45) is 0. The molecule has 4 nitrogen and oxygen atoms in total. The van der Waals surface area contributed by atoms with Gasteiger partial charge in [-0.1, -0.05) is 15.9 Å². The fraction of sp³-hybridized carbons (Fsp3) is 0.111. The van der Waals surface area contributed by atoms with Gasteiger partial charge in [-0.3, -0.25) is 20.4 Å². The van der Waals surface area contributed by atoms with E-state index in [2.05, 4.69) is 42.7 Å². The molecular formula is C9H8Br2N2O2. The maximum atomic E-state index is 11.5. The Labute approximate surface area is 104 Å². The number of carbonyl (C=O) groups excluding carboxylic acids is 2. The van der Waals surface area contributed by atoms with Crippen LogP contribution in [0.3, 0.4) is 0 Å². The lowest BCUT2D eigenvalue weighted by Crippen LogP contribution is -2.40. The first-order valence-electron chi connectivity index (χ1n) is 4.02. The fourth-order valence-electron chi connectivity index (χ4n) is 0.886. The van der Waals surface area contributed by atoms with E-state index in [-0.39, 0.29) is 11.8 Å². The zero-order valence-electron chi connectivity index (χ0n) is 7.80. The summed E-state index contributed by atoms with van der Waals surface area (Å²) in [4.78, 5) is 22.1. The van der Waals surface area contributed by atoms with E-state index in [0.29, 0.717) is 10.0 Å². The van der Waals surface area contributed by atoms with Crippen LogP contribution >= 0.6 is 31.9 Å². The Morgan fingerprint density at radius 1 is 1.20 bits per heavy atom. The Hall–Kier alpha value is -0.880. The second kappa shape index (κ2) is 5.27. The van der Waals surface area contributed by atoms with Crippen LogP contribution in [-0.2, 0) is 4.79 Å². The molecule has 0 aromatic heterocycles. The maximum Gasteiger partial charge on any atom is 0.270 e. The van der Waals surface area contributed by atoms with Crippen LogP contribution in [0.4, 0.5) is 0 Å². The van der Waals surface area contributed by atoms with E-state index in [1.54, 1.807) is 18.2 Å². The molecule has 1 aromatic rings. The quantitative estimate of drug-likeness (QED) is 0.771. The van der Waals surface area contributed by atoms with Gasteiger partial charge in [0.05, 0.1) is 5.56 Å². The maximum absolute atomic E-state index is 11.5. The van der Waals surface area contributed by atoms with Gasteiger partial charge in [-0.15, -0.1) is 0 Å². The molecule has 0 saturated carbocycles. The van der Waals surface area contributed by atoms with Gasteiger partial charge in [0.1, 0.15) is 0 Å². The lowest BCUT2D eigenvalue weighted by Gasteiger charge is -2.06. The summed E-state index contributed by atoms with van der Waals surface area (Å²) in [6.45, 7) is 1.32. The molecule has 0 heterocycles. The van der Waals surface area contributed by atoms with E-state index >= 15 is 0 Å². The fourth-order valence-corrected chi connectivity index (χ4v) is 2.11. The zero-order chi connectivity index (χ0) is 11.4. The van der Waals surface area contributed by atoms with Gasteiger partial charge in [-0.25, -0.2) is 0 Å². The molecule has 0 aliphatic heterocycles. The molecular weight excluding hydrogens is 328 g/mol. The molecule has 0 aliphatic carbocycles. The minimum Gasteiger partial charge on any atom is -0.274 e. The van der Waals surface area contributed by atoms with Gasteiger partial charge in [-0.05, 0) is 34.1 Å². The number of rotatable bonds is 1. The highest BCUT2D eigenvalue weighted by atomic mass is 79.9. The summed E-state index contributed by atoms with van der Waals surface area (Å²) >= 11 is 6.53. The number of hydrogen-bond acceptors (Lipinski definition) is 2. The van der Waals surface area contributed by atoms with E-state index in [4.69, 9.17) is 0 Å². The van der Waals surface area contributed by atoms with E-state index < -0.39 is 0 Å². The third kappa shape index (κ3) is 3.64. The summed E-state index contributed by atoms with van der Waals surface area (Å²) in [6, 6.07) is 5.14. The van der Waals surface area contributed by atoms with Crippen molar-refractivity contribution in [3.8, 4) is 0 Å². The lowest BCUT2D eigenvalue weighted by atomic mass is 10.2. The number of halogens is 2. The number of hydrogen-bond donors (Lipinski definition) is 2. The number of carbonyl (C=O) groups is 2. The van der Waals surface area contributed by atoms with Crippen molar-refractivity contribution >= 4 is 43.7 Å². The first-order chi connectivity index (χ1) is 7.00. The standard InChI is InChI=1S/C9H8Br2N2O2/c1-5(14)12-13-9(15)7-3-2-6(10)4-8(7)11/h2-4H,1H3,(H,12,14)(H,13,15). The predicted octanol–water partition coefficient (Wildman–Crippen LogP) is 1.99. The highest BCUT2D eigenvalue weighted by Gasteiger charge is 2.09. The zero-order valence-corrected chi connectivity index (χ0v) is 11.0. The molecule has 0 saturated heterocycles. The average molecular weight is 336 g/mol. The van der Waals surface area contributed by atoms with Gasteiger partial charge in [0.15, 0.2) is 0 Å². The molecule has 0 spiro atoms. The van der Waals surface area contributed by atoms with Crippen molar-refractivity contribution in [3.63, 3.8) is 0 Å². The van der Waals surface area contributed by atoms with Crippen molar-refractivity contribution in [3.05, 3.63) is 32.7 Å². The summed E-state index contributed by atoms with van der Waals surface area (Å²) in [5.41, 5.74) is 4.94. The van der Waals surface area contributed by atoms with E-state index in [0.717, 1.165) is 4.47 Å². The molecule has 2 amide bonds. The molecule has 80 valence electrons. The Kier molecular flexibility index (Phi) is 4.28. The summed E-state index contributed by atoms with van der Waals surface area (Å²) in [5, 5.41) is 0. The third-order valence-corrected chi connectivity index (χ3v) is 2.68. The summed E-state index contributed by atoms with van der Waals surface area (Å²) < 4.78 is 1.52. The highest BCUT2D eigenvalue weighted by molar-refractivity contribution is 9.11. The molecule has 0 radical (unpaired) electrons. The van der Waals surface area contributed by atoms with Crippen molar-refractivity contribution in [1.29, 1.82) is 0 Å². The Bertz CT molecular complexity index is 407. The van der Waals surface area contributed by atoms with Crippen LogP contribution in [0.2, 0.25) is 0 Å². The molecule has 1 aromatic carbocycles. The van der Waals surface area contributed by atoms with Gasteiger partial charge < -0.3 is 0 Å². The third-order valence-electron chi connectivity index (χ3n) is 1.53. The van der Waals surface area contributed by atoms with Crippen LogP contribution in [0, 0.1) is 0 Å². The van der Waals surface area contributed by atoms with E-state index in [9.17, 15) is 9.59 Å². The van der Waals surface area contributed by atoms with Gasteiger partial charge in [-0.2, -0.15) is 0 Å². The van der Waals surface area contributed by atoms with Gasteiger partial charge >= 0.3 is 0 Å². The first kappa shape index (κ1) is 12.2. The molecule has 15 heavy (non-hydrogen) atoms. The lowest BCUT2D eigenvalue weighted by molar-refractivity contribution is -0.119. The van der Waals surface area contributed by atoms with Crippen molar-refractivity contribution in [1.82, 2.24) is 10.9 Å². The van der Waals surface area contributed by atoms with E-state index in [1.165, 1.54) is 6.92 Å². The highest BCUT2D eigenvalue weighted by Crippen LogP contribution is 2.21. The largest absolute Gasteiger partial charge is 0.274 e. The molecule has 0 bridgehead atoms. The number of amides is 2. The van der Waals surface area contributed by atoms with Crippen molar-refractivity contribution < 1.29 is 9.59 Å². The number of nitrogens with one attached hydrogen (secondary N) is 2. The topological polar surface area (TPSA) is 58.2 Å². The minimum atomic E-state index is -0.371. The summed E-state index contributed by atoms with van der Waals surface area (Å²) in [5.74, 6) is -0.693. The Balaban J connectivity index is 2.78. The second-order valence-corrected chi connectivity index (χ2v) is 4.53. The SMILES string of the molecule is CC(=O)NNC(=O)c1ccc(Br)cc1Br. The van der Waals surface area contributed by atoms with Crippen LogP contribution in [0.25, 0.3) is 0 Å². The first-order valence-corrected chi connectivity index (χ1v) is 5.61. The van der Waals surface area contributed by atoms with Crippen molar-refractivity contribution in [2.45, 2.75) is 6.92 Å². The van der Waals surface area contributed by atoms with Gasteiger partial charge in [0.25, 0.3) is 5.91 Å². The molecule has 0 aliphatic rings. The van der Waals surface area contributed by atoms with Gasteiger partial charge in [0, 0.05) is 15.9 Å². The molecule has 0 unspecified atom stereocenters. The van der Waals surface area contributed by atoms with Crippen molar-refractivity contribution in [2.75, 3.05) is 0 Å². The van der Waals surface area contributed by atoms with Crippen LogP contribution in [-0.4, -0.2) is 11.8 Å². The number of hydrazine groups is 1. The van der Waals surface area contributed by atoms with Crippen LogP contribution in [0.5, 0.6) is 0 Å². The van der Waals surface area contributed by atoms with Crippen LogP contribution in [0.15, 0.2) is 27.1 Å². The average Bonchev–Trinajstić information content (AvgIpc) is 2.14.